The molecule has 0 spiro atoms. The highest BCUT2D eigenvalue weighted by Crippen LogP contribution is 2.69. The maximum atomic E-state index is 12.8. The first-order chi connectivity index (χ1) is 9.44. The van der Waals surface area contributed by atoms with E-state index in [1.807, 2.05) is 0 Å². The lowest BCUT2D eigenvalue weighted by molar-refractivity contribution is -0.122. The van der Waals surface area contributed by atoms with E-state index in [0.29, 0.717) is 23.0 Å². The molecule has 1 heteroatoms. The summed E-state index contributed by atoms with van der Waals surface area (Å²) in [5.41, 5.74) is 4.77. The molecule has 5 atom stereocenters. The van der Waals surface area contributed by atoms with Gasteiger partial charge in [0.1, 0.15) is 0 Å². The number of ketones is 1. The average molecular weight is 270 g/mol. The normalized spacial score (nSPS) is 45.3. The van der Waals surface area contributed by atoms with Crippen LogP contribution in [0.15, 0.2) is 22.8 Å². The molecule has 0 unspecified atom stereocenters. The fourth-order valence-electron chi connectivity index (χ4n) is 5.90. The minimum Gasteiger partial charge on any atom is -0.294 e. The molecule has 20 heavy (non-hydrogen) atoms. The Morgan fingerprint density at radius 2 is 2.00 bits per heavy atom. The Morgan fingerprint density at radius 3 is 2.75 bits per heavy atom. The van der Waals surface area contributed by atoms with Gasteiger partial charge in [0.25, 0.3) is 0 Å². The van der Waals surface area contributed by atoms with Gasteiger partial charge in [-0.1, -0.05) is 38.0 Å². The van der Waals surface area contributed by atoms with Crippen molar-refractivity contribution in [2.45, 2.75) is 53.4 Å². The van der Waals surface area contributed by atoms with Gasteiger partial charge in [0.2, 0.25) is 0 Å². The van der Waals surface area contributed by atoms with Crippen LogP contribution in [-0.4, -0.2) is 5.78 Å². The molecule has 1 nitrogen and oxygen atoms in total. The summed E-state index contributed by atoms with van der Waals surface area (Å²) in [5, 5.41) is 0. The van der Waals surface area contributed by atoms with E-state index in [-0.39, 0.29) is 5.92 Å². The van der Waals surface area contributed by atoms with E-state index in [1.54, 1.807) is 5.57 Å². The first kappa shape index (κ1) is 12.9. The van der Waals surface area contributed by atoms with Crippen LogP contribution in [0.5, 0.6) is 0 Å². The lowest BCUT2D eigenvalue weighted by atomic mass is 9.64. The van der Waals surface area contributed by atoms with Crippen molar-refractivity contribution in [3.05, 3.63) is 22.8 Å². The minimum absolute atomic E-state index is 0.243. The van der Waals surface area contributed by atoms with Crippen molar-refractivity contribution in [2.75, 3.05) is 0 Å². The maximum Gasteiger partial charge on any atom is 0.161 e. The Morgan fingerprint density at radius 1 is 1.25 bits per heavy atom. The van der Waals surface area contributed by atoms with Crippen molar-refractivity contribution in [1.29, 1.82) is 0 Å². The molecule has 108 valence electrons. The summed E-state index contributed by atoms with van der Waals surface area (Å²) < 4.78 is 0. The highest BCUT2D eigenvalue weighted by molar-refractivity contribution is 5.99. The zero-order valence-corrected chi connectivity index (χ0v) is 13.2. The Bertz CT molecular complexity index is 548. The summed E-state index contributed by atoms with van der Waals surface area (Å²) >= 11 is 0. The molecule has 0 aromatic heterocycles. The molecule has 0 bridgehead atoms. The summed E-state index contributed by atoms with van der Waals surface area (Å²) in [6.45, 7) is 9.38. The van der Waals surface area contributed by atoms with Gasteiger partial charge in [-0.25, -0.2) is 0 Å². The Hall–Kier alpha value is -0.850. The lowest BCUT2D eigenvalue weighted by Crippen LogP contribution is -2.37. The number of hydrogen-bond acceptors (Lipinski definition) is 1. The summed E-state index contributed by atoms with van der Waals surface area (Å²) in [7, 11) is 0. The van der Waals surface area contributed by atoms with E-state index in [4.69, 9.17) is 0 Å². The van der Waals surface area contributed by atoms with Crippen molar-refractivity contribution in [1.82, 2.24) is 0 Å². The third-order valence-corrected chi connectivity index (χ3v) is 7.05. The third-order valence-electron chi connectivity index (χ3n) is 7.05. The standard InChI is InChI=1S/C19H26O/c1-10-8-9-14-17(19(14,3)4)16-11(2)18(20)13-7-5-6-12(13)15(10)16/h8,11,14-17H,5-7,9H2,1-4H3/t11-,14+,15-,16+,17+/m1/s1. The maximum absolute atomic E-state index is 12.8. The van der Waals surface area contributed by atoms with Crippen LogP contribution in [0.2, 0.25) is 0 Å². The van der Waals surface area contributed by atoms with E-state index in [9.17, 15) is 4.79 Å². The van der Waals surface area contributed by atoms with Crippen molar-refractivity contribution in [3.8, 4) is 0 Å². The third kappa shape index (κ3) is 1.42. The second kappa shape index (κ2) is 3.87. The van der Waals surface area contributed by atoms with Crippen LogP contribution in [0.3, 0.4) is 0 Å². The molecule has 1 fully saturated rings. The average Bonchev–Trinajstić information content (AvgIpc) is 2.74. The van der Waals surface area contributed by atoms with Gasteiger partial charge in [-0.05, 0) is 61.3 Å². The number of carbonyl (C=O) groups excluding carboxylic acids is 1. The van der Waals surface area contributed by atoms with E-state index in [1.165, 1.54) is 30.4 Å². The van der Waals surface area contributed by atoms with Gasteiger partial charge in [-0.3, -0.25) is 4.79 Å². The van der Waals surface area contributed by atoms with Gasteiger partial charge in [0.15, 0.2) is 5.78 Å². The van der Waals surface area contributed by atoms with E-state index >= 15 is 0 Å². The summed E-state index contributed by atoms with van der Waals surface area (Å²) in [4.78, 5) is 12.8. The number of rotatable bonds is 0. The molecule has 0 saturated heterocycles. The monoisotopic (exact) mass is 270 g/mol. The lowest BCUT2D eigenvalue weighted by Gasteiger charge is -2.39. The topological polar surface area (TPSA) is 17.1 Å². The van der Waals surface area contributed by atoms with Gasteiger partial charge in [-0.15, -0.1) is 0 Å². The van der Waals surface area contributed by atoms with E-state index in [2.05, 4.69) is 33.8 Å². The predicted molar refractivity (Wildman–Crippen MR) is 81.2 cm³/mol. The highest BCUT2D eigenvalue weighted by atomic mass is 16.1. The molecule has 4 aliphatic carbocycles. The smallest absolute Gasteiger partial charge is 0.161 e. The van der Waals surface area contributed by atoms with E-state index in [0.717, 1.165) is 18.3 Å². The van der Waals surface area contributed by atoms with E-state index < -0.39 is 0 Å². The van der Waals surface area contributed by atoms with Crippen molar-refractivity contribution >= 4 is 5.78 Å². The van der Waals surface area contributed by atoms with Crippen LogP contribution < -0.4 is 0 Å². The fraction of sp³-hybridized carbons (Fsp3) is 0.737. The number of fused-ring (bicyclic) bond motifs is 4. The second-order valence-electron chi connectivity index (χ2n) is 8.20. The Labute approximate surface area is 122 Å². The molecule has 0 N–H and O–H groups in total. The molecule has 4 aliphatic rings. The fourth-order valence-corrected chi connectivity index (χ4v) is 5.90. The molecule has 4 rings (SSSR count). The summed E-state index contributed by atoms with van der Waals surface area (Å²) in [6, 6.07) is 0. The van der Waals surface area contributed by atoms with Crippen LogP contribution in [0, 0.1) is 35.0 Å². The van der Waals surface area contributed by atoms with Gasteiger partial charge < -0.3 is 0 Å². The molecule has 0 heterocycles. The highest BCUT2D eigenvalue weighted by Gasteiger charge is 2.64. The molecule has 0 aliphatic heterocycles. The largest absolute Gasteiger partial charge is 0.294 e. The summed E-state index contributed by atoms with van der Waals surface area (Å²) in [6.07, 6.45) is 7.17. The quantitative estimate of drug-likeness (QED) is 0.591. The number of hydrogen-bond donors (Lipinski definition) is 0. The molecule has 1 saturated carbocycles. The molecule has 0 radical (unpaired) electrons. The molecular weight excluding hydrogens is 244 g/mol. The first-order valence-corrected chi connectivity index (χ1v) is 8.37. The number of allylic oxidation sites excluding steroid dienone is 4. The van der Waals surface area contributed by atoms with Crippen LogP contribution >= 0.6 is 0 Å². The van der Waals surface area contributed by atoms with Gasteiger partial charge in [0.05, 0.1) is 0 Å². The van der Waals surface area contributed by atoms with Crippen LogP contribution in [-0.2, 0) is 4.79 Å². The van der Waals surface area contributed by atoms with Crippen molar-refractivity contribution in [2.24, 2.45) is 35.0 Å². The van der Waals surface area contributed by atoms with Crippen molar-refractivity contribution in [3.63, 3.8) is 0 Å². The first-order valence-electron chi connectivity index (χ1n) is 8.37. The zero-order chi connectivity index (χ0) is 14.2. The minimum atomic E-state index is 0.243. The van der Waals surface area contributed by atoms with Crippen LogP contribution in [0.1, 0.15) is 53.4 Å². The Kier molecular flexibility index (Phi) is 2.49. The van der Waals surface area contributed by atoms with Crippen LogP contribution in [0.4, 0.5) is 0 Å². The molecular formula is C19H26O. The van der Waals surface area contributed by atoms with Gasteiger partial charge in [0, 0.05) is 11.8 Å². The van der Waals surface area contributed by atoms with Crippen LogP contribution in [0.25, 0.3) is 0 Å². The molecule has 0 aromatic rings. The Balaban J connectivity index is 1.86. The van der Waals surface area contributed by atoms with Gasteiger partial charge >= 0.3 is 0 Å². The summed E-state index contributed by atoms with van der Waals surface area (Å²) in [5.74, 6) is 3.48. The second-order valence-corrected chi connectivity index (χ2v) is 8.20. The predicted octanol–water partition coefficient (Wildman–Crippen LogP) is 4.54. The SMILES string of the molecule is CC1=CC[C@H]2[C@@H]([C@@H]3[C@H]1C1=C(CCC1)C(=O)[C@@H]3C)C2(C)C. The number of carbonyl (C=O) groups is 1. The van der Waals surface area contributed by atoms with Crippen molar-refractivity contribution < 1.29 is 4.79 Å². The zero-order valence-electron chi connectivity index (χ0n) is 13.2. The molecule has 0 amide bonds. The molecule has 0 aromatic carbocycles. The number of Topliss-reactive ketones (excluding diaryl/α,β-unsaturated/α-hetero) is 1. The van der Waals surface area contributed by atoms with Gasteiger partial charge in [-0.2, -0.15) is 0 Å².